The molecular weight excluding hydrogens is 198 g/mol. The van der Waals surface area contributed by atoms with E-state index in [1.165, 1.54) is 0 Å². The first kappa shape index (κ1) is 10.7. The van der Waals surface area contributed by atoms with Gasteiger partial charge in [0.2, 0.25) is 0 Å². The smallest absolute Gasteiger partial charge is 0.252 e. The highest BCUT2D eigenvalue weighted by molar-refractivity contribution is 6.67. The van der Waals surface area contributed by atoms with Crippen LogP contribution in [0.1, 0.15) is 35.2 Å². The predicted octanol–water partition coefficient (Wildman–Crippen LogP) is 3.08. The van der Waals surface area contributed by atoms with Crippen LogP contribution in [-0.4, -0.2) is 5.24 Å². The lowest BCUT2D eigenvalue weighted by molar-refractivity contribution is 0.108. The van der Waals surface area contributed by atoms with E-state index in [4.69, 9.17) is 16.9 Å². The van der Waals surface area contributed by atoms with Gasteiger partial charge in [0, 0.05) is 12.0 Å². The molecule has 1 unspecified atom stereocenters. The molecule has 2 nitrogen and oxygen atoms in total. The third-order valence-electron chi connectivity index (χ3n) is 2.08. The summed E-state index contributed by atoms with van der Waals surface area (Å²) >= 11 is 5.35. The summed E-state index contributed by atoms with van der Waals surface area (Å²) in [7, 11) is 0. The lowest BCUT2D eigenvalue weighted by atomic mass is 9.97. The maximum absolute atomic E-state index is 10.9. The van der Waals surface area contributed by atoms with Gasteiger partial charge >= 0.3 is 0 Å². The Labute approximate surface area is 88.1 Å². The van der Waals surface area contributed by atoms with Crippen LogP contribution in [0.25, 0.3) is 0 Å². The van der Waals surface area contributed by atoms with Gasteiger partial charge in [0.25, 0.3) is 5.24 Å². The van der Waals surface area contributed by atoms with E-state index in [9.17, 15) is 4.79 Å². The fourth-order valence-corrected chi connectivity index (χ4v) is 1.34. The van der Waals surface area contributed by atoms with Gasteiger partial charge in [-0.3, -0.25) is 4.79 Å². The molecule has 0 saturated carbocycles. The number of halogens is 1. The highest BCUT2D eigenvalue weighted by Gasteiger charge is 2.07. The quantitative estimate of drug-likeness (QED) is 0.715. The molecular formula is C11H10ClNO. The minimum Gasteiger partial charge on any atom is -0.276 e. The van der Waals surface area contributed by atoms with Crippen LogP contribution in [0, 0.1) is 11.3 Å². The van der Waals surface area contributed by atoms with E-state index in [2.05, 4.69) is 6.07 Å². The van der Waals surface area contributed by atoms with E-state index in [1.807, 2.05) is 13.0 Å². The molecule has 0 aromatic heterocycles. The normalized spacial score (nSPS) is 11.8. The van der Waals surface area contributed by atoms with Gasteiger partial charge in [0.1, 0.15) is 0 Å². The highest BCUT2D eigenvalue weighted by atomic mass is 35.5. The molecule has 0 N–H and O–H groups in total. The van der Waals surface area contributed by atoms with Crippen molar-refractivity contribution >= 4 is 16.8 Å². The fraction of sp³-hybridized carbons (Fsp3) is 0.273. The second-order valence-electron chi connectivity index (χ2n) is 3.16. The average Bonchev–Trinajstić information content (AvgIpc) is 2.18. The SMILES string of the molecule is CC(CC#N)c1cccc(C(=O)Cl)c1. The van der Waals surface area contributed by atoms with Gasteiger partial charge in [0.05, 0.1) is 6.07 Å². The minimum absolute atomic E-state index is 0.135. The Bertz CT molecular complexity index is 381. The Kier molecular flexibility index (Phi) is 3.67. The first-order valence-electron chi connectivity index (χ1n) is 4.32. The summed E-state index contributed by atoms with van der Waals surface area (Å²) in [5, 5.41) is 8.07. The number of hydrogen-bond donors (Lipinski definition) is 0. The number of benzene rings is 1. The number of nitriles is 1. The molecule has 1 aromatic carbocycles. The molecule has 1 aromatic rings. The topological polar surface area (TPSA) is 40.9 Å². The Morgan fingerprint density at radius 2 is 2.36 bits per heavy atom. The van der Waals surface area contributed by atoms with Gasteiger partial charge in [-0.25, -0.2) is 0 Å². The summed E-state index contributed by atoms with van der Waals surface area (Å²) in [6, 6.07) is 9.17. The van der Waals surface area contributed by atoms with Crippen molar-refractivity contribution < 1.29 is 4.79 Å². The Balaban J connectivity index is 2.94. The third-order valence-corrected chi connectivity index (χ3v) is 2.30. The van der Waals surface area contributed by atoms with E-state index in [0.29, 0.717) is 12.0 Å². The summed E-state index contributed by atoms with van der Waals surface area (Å²) in [5.74, 6) is 0.135. The number of rotatable bonds is 3. The van der Waals surface area contributed by atoms with Gasteiger partial charge in [-0.15, -0.1) is 0 Å². The predicted molar refractivity (Wildman–Crippen MR) is 55.3 cm³/mol. The van der Waals surface area contributed by atoms with Crippen LogP contribution in [0.4, 0.5) is 0 Å². The molecule has 1 rings (SSSR count). The van der Waals surface area contributed by atoms with Crippen molar-refractivity contribution in [2.24, 2.45) is 0 Å². The van der Waals surface area contributed by atoms with Crippen molar-refractivity contribution in [1.29, 1.82) is 5.26 Å². The van der Waals surface area contributed by atoms with Crippen molar-refractivity contribution in [2.75, 3.05) is 0 Å². The van der Waals surface area contributed by atoms with Gasteiger partial charge in [-0.05, 0) is 29.1 Å². The first-order chi connectivity index (χ1) is 6.65. The molecule has 0 fully saturated rings. The zero-order valence-electron chi connectivity index (χ0n) is 7.83. The Morgan fingerprint density at radius 1 is 1.64 bits per heavy atom. The maximum Gasteiger partial charge on any atom is 0.252 e. The standard InChI is InChI=1S/C11H10ClNO/c1-8(5-6-13)9-3-2-4-10(7-9)11(12)14/h2-4,7-8H,5H2,1H3. The summed E-state index contributed by atoms with van der Waals surface area (Å²) in [5.41, 5.74) is 1.45. The van der Waals surface area contributed by atoms with Gasteiger partial charge in [-0.2, -0.15) is 5.26 Å². The van der Waals surface area contributed by atoms with Crippen molar-refractivity contribution in [1.82, 2.24) is 0 Å². The second kappa shape index (κ2) is 4.78. The van der Waals surface area contributed by atoms with Gasteiger partial charge in [-0.1, -0.05) is 25.1 Å². The van der Waals surface area contributed by atoms with E-state index < -0.39 is 5.24 Å². The van der Waals surface area contributed by atoms with Crippen molar-refractivity contribution in [3.05, 3.63) is 35.4 Å². The summed E-state index contributed by atoms with van der Waals surface area (Å²) < 4.78 is 0. The monoisotopic (exact) mass is 207 g/mol. The van der Waals surface area contributed by atoms with Crippen molar-refractivity contribution in [3.8, 4) is 6.07 Å². The Morgan fingerprint density at radius 3 is 2.93 bits per heavy atom. The van der Waals surface area contributed by atoms with Crippen LogP contribution in [0.5, 0.6) is 0 Å². The van der Waals surface area contributed by atoms with Crippen molar-refractivity contribution in [2.45, 2.75) is 19.3 Å². The lowest BCUT2D eigenvalue weighted by Gasteiger charge is -2.07. The molecule has 1 atom stereocenters. The molecule has 0 saturated heterocycles. The van der Waals surface area contributed by atoms with E-state index in [-0.39, 0.29) is 5.92 Å². The molecule has 72 valence electrons. The van der Waals surface area contributed by atoms with Crippen LogP contribution in [0.15, 0.2) is 24.3 Å². The van der Waals surface area contributed by atoms with E-state index in [1.54, 1.807) is 18.2 Å². The molecule has 0 aliphatic rings. The summed E-state index contributed by atoms with van der Waals surface area (Å²) in [6.07, 6.45) is 0.444. The molecule has 0 aliphatic heterocycles. The van der Waals surface area contributed by atoms with Gasteiger partial charge < -0.3 is 0 Å². The van der Waals surface area contributed by atoms with Crippen LogP contribution in [0.3, 0.4) is 0 Å². The number of nitrogens with zero attached hydrogens (tertiary/aromatic N) is 1. The molecule has 0 spiro atoms. The molecule has 0 aliphatic carbocycles. The summed E-state index contributed by atoms with van der Waals surface area (Å²) in [6.45, 7) is 1.95. The van der Waals surface area contributed by atoms with Crippen LogP contribution < -0.4 is 0 Å². The molecule has 3 heteroatoms. The lowest BCUT2D eigenvalue weighted by Crippen LogP contribution is -1.95. The minimum atomic E-state index is -0.462. The molecule has 14 heavy (non-hydrogen) atoms. The third kappa shape index (κ3) is 2.58. The zero-order chi connectivity index (χ0) is 10.6. The number of carbonyl (C=O) groups is 1. The van der Waals surface area contributed by atoms with Crippen molar-refractivity contribution in [3.63, 3.8) is 0 Å². The van der Waals surface area contributed by atoms with E-state index >= 15 is 0 Å². The van der Waals surface area contributed by atoms with Crippen LogP contribution in [0.2, 0.25) is 0 Å². The number of carbonyl (C=O) groups excluding carboxylic acids is 1. The molecule has 0 amide bonds. The largest absolute Gasteiger partial charge is 0.276 e. The molecule has 0 bridgehead atoms. The first-order valence-corrected chi connectivity index (χ1v) is 4.69. The molecule has 0 heterocycles. The number of hydrogen-bond acceptors (Lipinski definition) is 2. The Hall–Kier alpha value is -1.33. The maximum atomic E-state index is 10.9. The fourth-order valence-electron chi connectivity index (χ4n) is 1.22. The zero-order valence-corrected chi connectivity index (χ0v) is 8.58. The van der Waals surface area contributed by atoms with Crippen LogP contribution in [-0.2, 0) is 0 Å². The van der Waals surface area contributed by atoms with Crippen LogP contribution >= 0.6 is 11.6 Å². The van der Waals surface area contributed by atoms with E-state index in [0.717, 1.165) is 5.56 Å². The van der Waals surface area contributed by atoms with Gasteiger partial charge in [0.15, 0.2) is 0 Å². The molecule has 0 radical (unpaired) electrons. The average molecular weight is 208 g/mol. The summed E-state index contributed by atoms with van der Waals surface area (Å²) in [4.78, 5) is 10.9. The second-order valence-corrected chi connectivity index (χ2v) is 3.51. The highest BCUT2D eigenvalue weighted by Crippen LogP contribution is 2.20.